The number of rotatable bonds is 5. The van der Waals surface area contributed by atoms with E-state index < -0.39 is 10.0 Å². The van der Waals surface area contributed by atoms with Crippen molar-refractivity contribution in [3.63, 3.8) is 0 Å². The molecule has 0 aliphatic heterocycles. The predicted molar refractivity (Wildman–Crippen MR) is 74.8 cm³/mol. The lowest BCUT2D eigenvalue weighted by Gasteiger charge is -2.09. The van der Waals surface area contributed by atoms with Gasteiger partial charge in [-0.05, 0) is 31.0 Å². The lowest BCUT2D eigenvalue weighted by molar-refractivity contribution is 0.0953. The topological polar surface area (TPSA) is 89.3 Å². The maximum absolute atomic E-state index is 11.9. The molecule has 0 atom stereocenters. The summed E-state index contributed by atoms with van der Waals surface area (Å²) in [6, 6.07) is 2.74. The summed E-state index contributed by atoms with van der Waals surface area (Å²) in [7, 11) is -3.95. The van der Waals surface area contributed by atoms with Crippen LogP contribution in [0, 0.1) is 6.92 Å². The quantitative estimate of drug-likeness (QED) is 0.813. The number of hydrogen-bond donors (Lipinski definition) is 2. The van der Waals surface area contributed by atoms with Crippen LogP contribution in [0.15, 0.2) is 17.0 Å². The number of amides is 1. The molecule has 0 saturated heterocycles. The van der Waals surface area contributed by atoms with Gasteiger partial charge >= 0.3 is 0 Å². The molecule has 0 spiro atoms. The molecule has 3 N–H and O–H groups in total. The standard InChI is InChI=1S/C12H17ClN2O3S/c1-3-4-5-15-12(16)9-6-8(2)11(13)10(7-9)19(14,17)18/h6-7H,3-5H2,1-2H3,(H,15,16)(H2,14,17,18). The number of nitrogens with two attached hydrogens (primary N) is 1. The molecule has 1 rings (SSSR count). The second kappa shape index (κ2) is 6.36. The maximum atomic E-state index is 11.9. The molecule has 1 amide bonds. The van der Waals surface area contributed by atoms with Crippen LogP contribution in [0.5, 0.6) is 0 Å². The van der Waals surface area contributed by atoms with E-state index in [-0.39, 0.29) is 21.4 Å². The minimum absolute atomic E-state index is 0.0487. The highest BCUT2D eigenvalue weighted by Crippen LogP contribution is 2.25. The van der Waals surface area contributed by atoms with Crippen LogP contribution >= 0.6 is 11.6 Å². The summed E-state index contributed by atoms with van der Waals surface area (Å²) in [6.45, 7) is 4.18. The number of benzene rings is 1. The molecule has 0 saturated carbocycles. The average Bonchev–Trinajstić information content (AvgIpc) is 2.31. The minimum atomic E-state index is -3.95. The number of aryl methyl sites for hydroxylation is 1. The minimum Gasteiger partial charge on any atom is -0.352 e. The van der Waals surface area contributed by atoms with Crippen LogP contribution in [0.25, 0.3) is 0 Å². The van der Waals surface area contributed by atoms with E-state index in [0.29, 0.717) is 12.1 Å². The molecule has 1 aromatic rings. The highest BCUT2D eigenvalue weighted by Gasteiger charge is 2.18. The van der Waals surface area contributed by atoms with Crippen molar-refractivity contribution in [2.45, 2.75) is 31.6 Å². The third-order valence-electron chi connectivity index (χ3n) is 2.61. The van der Waals surface area contributed by atoms with E-state index in [0.717, 1.165) is 12.8 Å². The zero-order chi connectivity index (χ0) is 14.6. The monoisotopic (exact) mass is 304 g/mol. The summed E-state index contributed by atoms with van der Waals surface area (Å²) in [5, 5.41) is 7.83. The Bertz CT molecular complexity index is 585. The fraction of sp³-hybridized carbons (Fsp3) is 0.417. The summed E-state index contributed by atoms with van der Waals surface area (Å²) >= 11 is 5.89. The van der Waals surface area contributed by atoms with Gasteiger partial charge in [-0.3, -0.25) is 4.79 Å². The van der Waals surface area contributed by atoms with E-state index >= 15 is 0 Å². The van der Waals surface area contributed by atoms with Crippen LogP contribution in [0.3, 0.4) is 0 Å². The van der Waals surface area contributed by atoms with Crippen LogP contribution in [-0.2, 0) is 10.0 Å². The van der Waals surface area contributed by atoms with Gasteiger partial charge in [-0.1, -0.05) is 24.9 Å². The molecule has 0 aliphatic carbocycles. The van der Waals surface area contributed by atoms with Crippen LogP contribution in [0.4, 0.5) is 0 Å². The van der Waals surface area contributed by atoms with E-state index in [4.69, 9.17) is 16.7 Å². The number of nitrogens with one attached hydrogen (secondary N) is 1. The van der Waals surface area contributed by atoms with Crippen LogP contribution < -0.4 is 10.5 Å². The van der Waals surface area contributed by atoms with E-state index in [1.807, 2.05) is 6.92 Å². The lowest BCUT2D eigenvalue weighted by Crippen LogP contribution is -2.25. The molecule has 19 heavy (non-hydrogen) atoms. The van der Waals surface area contributed by atoms with Crippen molar-refractivity contribution in [3.8, 4) is 0 Å². The Balaban J connectivity index is 3.11. The van der Waals surface area contributed by atoms with E-state index in [1.54, 1.807) is 6.92 Å². The molecule has 0 radical (unpaired) electrons. The average molecular weight is 305 g/mol. The normalized spacial score (nSPS) is 11.4. The molecule has 0 unspecified atom stereocenters. The van der Waals surface area contributed by atoms with Gasteiger partial charge in [0, 0.05) is 12.1 Å². The molecule has 106 valence electrons. The third-order valence-corrected chi connectivity index (χ3v) is 4.15. The number of primary sulfonamides is 1. The molecule has 0 heterocycles. The number of carbonyl (C=O) groups is 1. The van der Waals surface area contributed by atoms with Crippen molar-refractivity contribution in [1.29, 1.82) is 0 Å². The highest BCUT2D eigenvalue weighted by atomic mass is 35.5. The molecular formula is C12H17ClN2O3S. The number of sulfonamides is 1. The van der Waals surface area contributed by atoms with Gasteiger partial charge in [-0.25, -0.2) is 13.6 Å². The molecule has 0 fully saturated rings. The molecule has 0 aliphatic rings. The first-order valence-corrected chi connectivity index (χ1v) is 7.81. The van der Waals surface area contributed by atoms with Gasteiger partial charge in [0.25, 0.3) is 5.91 Å². The van der Waals surface area contributed by atoms with E-state index in [2.05, 4.69) is 5.32 Å². The van der Waals surface area contributed by atoms with Crippen molar-refractivity contribution in [2.24, 2.45) is 5.14 Å². The molecule has 1 aromatic carbocycles. The van der Waals surface area contributed by atoms with Gasteiger partial charge in [0.05, 0.1) is 5.02 Å². The second-order valence-corrected chi connectivity index (χ2v) is 6.17. The molecule has 5 nitrogen and oxygen atoms in total. The summed E-state index contributed by atoms with van der Waals surface area (Å²) in [6.07, 6.45) is 1.82. The first kappa shape index (κ1) is 15.9. The van der Waals surface area contributed by atoms with E-state index in [1.165, 1.54) is 12.1 Å². The van der Waals surface area contributed by atoms with Crippen LogP contribution in [0.1, 0.15) is 35.7 Å². The van der Waals surface area contributed by atoms with Crippen molar-refractivity contribution >= 4 is 27.5 Å². The molecule has 7 heteroatoms. The largest absolute Gasteiger partial charge is 0.352 e. The first-order chi connectivity index (χ1) is 8.77. The highest BCUT2D eigenvalue weighted by molar-refractivity contribution is 7.89. The fourth-order valence-corrected chi connectivity index (χ4v) is 2.69. The Morgan fingerprint density at radius 2 is 2.05 bits per heavy atom. The SMILES string of the molecule is CCCCNC(=O)c1cc(C)c(Cl)c(S(N)(=O)=O)c1. The molecule has 0 bridgehead atoms. The van der Waals surface area contributed by atoms with Crippen molar-refractivity contribution < 1.29 is 13.2 Å². The Kier molecular flexibility index (Phi) is 5.34. The number of unbranched alkanes of at least 4 members (excludes halogenated alkanes) is 1. The Labute approximate surface area is 118 Å². The smallest absolute Gasteiger partial charge is 0.251 e. The van der Waals surface area contributed by atoms with Crippen LogP contribution in [-0.4, -0.2) is 20.9 Å². The Morgan fingerprint density at radius 1 is 1.42 bits per heavy atom. The maximum Gasteiger partial charge on any atom is 0.251 e. The lowest BCUT2D eigenvalue weighted by atomic mass is 10.1. The van der Waals surface area contributed by atoms with Crippen molar-refractivity contribution in [3.05, 3.63) is 28.3 Å². The van der Waals surface area contributed by atoms with Gasteiger partial charge in [0.2, 0.25) is 10.0 Å². The number of carbonyl (C=O) groups excluding carboxylic acids is 1. The van der Waals surface area contributed by atoms with Gasteiger partial charge < -0.3 is 5.32 Å². The Hall–Kier alpha value is -1.11. The molecule has 0 aromatic heterocycles. The summed E-state index contributed by atoms with van der Waals surface area (Å²) < 4.78 is 22.8. The van der Waals surface area contributed by atoms with Crippen molar-refractivity contribution in [1.82, 2.24) is 5.32 Å². The van der Waals surface area contributed by atoms with Gasteiger partial charge in [-0.15, -0.1) is 0 Å². The third kappa shape index (κ3) is 4.19. The Morgan fingerprint density at radius 3 is 2.58 bits per heavy atom. The summed E-state index contributed by atoms with van der Waals surface area (Å²) in [4.78, 5) is 11.6. The van der Waals surface area contributed by atoms with Crippen LogP contribution in [0.2, 0.25) is 5.02 Å². The first-order valence-electron chi connectivity index (χ1n) is 5.88. The van der Waals surface area contributed by atoms with Gasteiger partial charge in [0.1, 0.15) is 4.90 Å². The molecular weight excluding hydrogens is 288 g/mol. The van der Waals surface area contributed by atoms with Gasteiger partial charge in [0.15, 0.2) is 0 Å². The van der Waals surface area contributed by atoms with Gasteiger partial charge in [-0.2, -0.15) is 0 Å². The fourth-order valence-electron chi connectivity index (χ4n) is 1.56. The summed E-state index contributed by atoms with van der Waals surface area (Å²) in [5.41, 5.74) is 0.732. The van der Waals surface area contributed by atoms with Crippen molar-refractivity contribution in [2.75, 3.05) is 6.54 Å². The number of halogens is 1. The second-order valence-electron chi connectivity index (χ2n) is 4.26. The summed E-state index contributed by atoms with van der Waals surface area (Å²) in [5.74, 6) is -0.335. The zero-order valence-corrected chi connectivity index (χ0v) is 12.4. The zero-order valence-electron chi connectivity index (χ0n) is 10.9. The predicted octanol–water partition coefficient (Wildman–Crippen LogP) is 1.83. The van der Waals surface area contributed by atoms with E-state index in [9.17, 15) is 13.2 Å². The number of hydrogen-bond acceptors (Lipinski definition) is 3.